The third kappa shape index (κ3) is 9.43. The number of nitrogens with zero attached hydrogens (tertiary/aromatic N) is 1. The van der Waals surface area contributed by atoms with Crippen LogP contribution in [0.5, 0.6) is 5.75 Å². The quantitative estimate of drug-likeness (QED) is 0.423. The molecule has 2 unspecified atom stereocenters. The Morgan fingerprint density at radius 3 is 2.49 bits per heavy atom. The SMILES string of the molecule is COCCOC[C@@H](O)COC1CC(OCc2cc(OC)c3ccccc3c2)CN(C(=O)OC(C)(C)C)C1. The number of carbonyl (C=O) groups excluding carboxylic acids is 1. The molecule has 206 valence electrons. The number of hydrogen-bond donors (Lipinski definition) is 1. The van der Waals surface area contributed by atoms with E-state index < -0.39 is 17.8 Å². The summed E-state index contributed by atoms with van der Waals surface area (Å²) < 4.78 is 33.7. The molecule has 1 aliphatic rings. The highest BCUT2D eigenvalue weighted by Gasteiger charge is 2.34. The van der Waals surface area contributed by atoms with Crippen molar-refractivity contribution in [1.29, 1.82) is 0 Å². The zero-order chi connectivity index (χ0) is 26.8. The van der Waals surface area contributed by atoms with Crippen molar-refractivity contribution in [3.05, 3.63) is 42.0 Å². The van der Waals surface area contributed by atoms with Gasteiger partial charge >= 0.3 is 6.09 Å². The number of aliphatic hydroxyl groups is 1. The maximum Gasteiger partial charge on any atom is 0.410 e. The molecular formula is C28H41NO8. The van der Waals surface area contributed by atoms with E-state index in [0.717, 1.165) is 22.1 Å². The van der Waals surface area contributed by atoms with Gasteiger partial charge in [-0.1, -0.05) is 24.3 Å². The Hall–Kier alpha value is -2.43. The van der Waals surface area contributed by atoms with Crippen molar-refractivity contribution >= 4 is 16.9 Å². The lowest BCUT2D eigenvalue weighted by Crippen LogP contribution is -2.51. The average Bonchev–Trinajstić information content (AvgIpc) is 2.87. The minimum absolute atomic E-state index is 0.0917. The molecule has 9 heteroatoms. The number of ether oxygens (including phenoxy) is 6. The molecule has 1 saturated heterocycles. The van der Waals surface area contributed by atoms with Crippen LogP contribution in [0, 0.1) is 0 Å². The molecule has 37 heavy (non-hydrogen) atoms. The number of piperidine rings is 1. The van der Waals surface area contributed by atoms with E-state index in [1.807, 2.05) is 51.1 Å². The molecule has 1 aliphatic heterocycles. The first kappa shape index (κ1) is 29.1. The van der Waals surface area contributed by atoms with E-state index in [4.69, 9.17) is 28.4 Å². The predicted octanol–water partition coefficient (Wildman–Crippen LogP) is 3.78. The molecule has 2 aromatic rings. The van der Waals surface area contributed by atoms with E-state index in [1.165, 1.54) is 0 Å². The lowest BCUT2D eigenvalue weighted by atomic mass is 10.0. The van der Waals surface area contributed by atoms with Crippen molar-refractivity contribution < 1.29 is 38.3 Å². The van der Waals surface area contributed by atoms with Crippen molar-refractivity contribution in [2.24, 2.45) is 0 Å². The fraction of sp³-hybridized carbons (Fsp3) is 0.607. The van der Waals surface area contributed by atoms with Crippen LogP contribution in [0.1, 0.15) is 32.8 Å². The zero-order valence-electron chi connectivity index (χ0n) is 22.6. The van der Waals surface area contributed by atoms with Crippen molar-refractivity contribution in [1.82, 2.24) is 4.90 Å². The summed E-state index contributed by atoms with van der Waals surface area (Å²) in [6, 6.07) is 12.1. The Balaban J connectivity index is 1.63. The summed E-state index contributed by atoms with van der Waals surface area (Å²) in [7, 11) is 3.25. The molecule has 0 saturated carbocycles. The number of aliphatic hydroxyl groups excluding tert-OH is 1. The van der Waals surface area contributed by atoms with Crippen molar-refractivity contribution in [3.8, 4) is 5.75 Å². The second kappa shape index (κ2) is 13.9. The molecule has 0 aliphatic carbocycles. The molecule has 1 amide bonds. The largest absolute Gasteiger partial charge is 0.496 e. The molecule has 2 aromatic carbocycles. The summed E-state index contributed by atoms with van der Waals surface area (Å²) in [6.45, 7) is 7.72. The van der Waals surface area contributed by atoms with Gasteiger partial charge < -0.3 is 38.4 Å². The van der Waals surface area contributed by atoms with Crippen LogP contribution in [0.15, 0.2) is 36.4 Å². The number of fused-ring (bicyclic) bond motifs is 1. The van der Waals surface area contributed by atoms with Crippen LogP contribution >= 0.6 is 0 Å². The summed E-state index contributed by atoms with van der Waals surface area (Å²) >= 11 is 0. The highest BCUT2D eigenvalue weighted by molar-refractivity contribution is 5.89. The number of rotatable bonds is 12. The summed E-state index contributed by atoms with van der Waals surface area (Å²) in [6.07, 6.45) is -1.19. The summed E-state index contributed by atoms with van der Waals surface area (Å²) in [4.78, 5) is 14.5. The van der Waals surface area contributed by atoms with Gasteiger partial charge in [-0.25, -0.2) is 4.79 Å². The van der Waals surface area contributed by atoms with Crippen molar-refractivity contribution in [3.63, 3.8) is 0 Å². The normalized spacial score (nSPS) is 19.1. The number of methoxy groups -OCH3 is 2. The van der Waals surface area contributed by atoms with Gasteiger partial charge in [0, 0.05) is 18.9 Å². The predicted molar refractivity (Wildman–Crippen MR) is 140 cm³/mol. The monoisotopic (exact) mass is 519 g/mol. The number of hydrogen-bond acceptors (Lipinski definition) is 8. The fourth-order valence-corrected chi connectivity index (χ4v) is 4.18. The second-order valence-corrected chi connectivity index (χ2v) is 10.3. The number of benzene rings is 2. The molecule has 0 aromatic heterocycles. The van der Waals surface area contributed by atoms with Gasteiger partial charge in [-0.2, -0.15) is 0 Å². The molecule has 1 fully saturated rings. The van der Waals surface area contributed by atoms with Gasteiger partial charge in [-0.05, 0) is 43.9 Å². The summed E-state index contributed by atoms with van der Waals surface area (Å²) in [5.41, 5.74) is 0.365. The first-order valence-corrected chi connectivity index (χ1v) is 12.7. The van der Waals surface area contributed by atoms with Gasteiger partial charge in [-0.15, -0.1) is 0 Å². The highest BCUT2D eigenvalue weighted by Crippen LogP contribution is 2.28. The van der Waals surface area contributed by atoms with Crippen molar-refractivity contribution in [2.45, 2.75) is 57.7 Å². The Kier molecular flexibility index (Phi) is 11.0. The van der Waals surface area contributed by atoms with Crippen LogP contribution in [-0.2, 0) is 30.3 Å². The van der Waals surface area contributed by atoms with Crippen LogP contribution in [0.4, 0.5) is 4.79 Å². The van der Waals surface area contributed by atoms with Gasteiger partial charge in [0.2, 0.25) is 0 Å². The highest BCUT2D eigenvalue weighted by atomic mass is 16.6. The van der Waals surface area contributed by atoms with Crippen LogP contribution in [0.2, 0.25) is 0 Å². The lowest BCUT2D eigenvalue weighted by Gasteiger charge is -2.38. The van der Waals surface area contributed by atoms with Gasteiger partial charge in [0.1, 0.15) is 17.5 Å². The van der Waals surface area contributed by atoms with Crippen LogP contribution in [-0.4, -0.2) is 93.7 Å². The van der Waals surface area contributed by atoms with Crippen LogP contribution in [0.25, 0.3) is 10.8 Å². The number of carbonyl (C=O) groups is 1. The Morgan fingerprint density at radius 2 is 1.78 bits per heavy atom. The molecule has 3 atom stereocenters. The molecule has 1 N–H and O–H groups in total. The smallest absolute Gasteiger partial charge is 0.410 e. The Labute approximate surface area is 219 Å². The Bertz CT molecular complexity index is 992. The standard InChI is InChI=1S/C28H41NO8/c1-28(2,3)37-27(31)29-15-23(14-24(16-29)36-19-22(30)18-34-11-10-32-4)35-17-20-12-21-8-6-7-9-25(21)26(13-20)33-5/h6-9,12-13,22-24,30H,10-11,14-19H2,1-5H3/t22-,23?,24?/m1/s1. The minimum Gasteiger partial charge on any atom is -0.496 e. The lowest BCUT2D eigenvalue weighted by molar-refractivity contribution is -0.101. The van der Waals surface area contributed by atoms with Crippen LogP contribution < -0.4 is 4.74 Å². The van der Waals surface area contributed by atoms with E-state index >= 15 is 0 Å². The molecule has 0 bridgehead atoms. The number of likely N-dealkylation sites (tertiary alicyclic amines) is 1. The third-order valence-corrected chi connectivity index (χ3v) is 5.88. The average molecular weight is 520 g/mol. The van der Waals surface area contributed by atoms with E-state index in [-0.39, 0.29) is 25.4 Å². The first-order chi connectivity index (χ1) is 17.7. The number of amides is 1. The molecule has 3 rings (SSSR count). The maximum absolute atomic E-state index is 12.8. The van der Waals surface area contributed by atoms with E-state index in [2.05, 4.69) is 6.07 Å². The maximum atomic E-state index is 12.8. The van der Waals surface area contributed by atoms with Gasteiger partial charge in [0.15, 0.2) is 0 Å². The van der Waals surface area contributed by atoms with Crippen molar-refractivity contribution in [2.75, 3.05) is 53.7 Å². The molecular weight excluding hydrogens is 478 g/mol. The van der Waals surface area contributed by atoms with Gasteiger partial charge in [0.25, 0.3) is 0 Å². The Morgan fingerprint density at radius 1 is 1.05 bits per heavy atom. The molecule has 0 spiro atoms. The van der Waals surface area contributed by atoms with Crippen LogP contribution in [0.3, 0.4) is 0 Å². The van der Waals surface area contributed by atoms with E-state index in [1.54, 1.807) is 19.1 Å². The summed E-state index contributed by atoms with van der Waals surface area (Å²) in [5.74, 6) is 0.790. The molecule has 9 nitrogen and oxygen atoms in total. The topological polar surface area (TPSA) is 95.9 Å². The third-order valence-electron chi connectivity index (χ3n) is 5.88. The van der Waals surface area contributed by atoms with E-state index in [0.29, 0.717) is 39.3 Å². The van der Waals surface area contributed by atoms with Gasteiger partial charge in [-0.3, -0.25) is 0 Å². The van der Waals surface area contributed by atoms with Gasteiger partial charge in [0.05, 0.1) is 65.4 Å². The van der Waals surface area contributed by atoms with E-state index in [9.17, 15) is 9.90 Å². The molecule has 1 heterocycles. The zero-order valence-corrected chi connectivity index (χ0v) is 22.6. The molecule has 0 radical (unpaired) electrons. The minimum atomic E-state index is -0.779. The second-order valence-electron chi connectivity index (χ2n) is 10.3. The summed E-state index contributed by atoms with van der Waals surface area (Å²) in [5, 5.41) is 12.3. The fourth-order valence-electron chi connectivity index (χ4n) is 4.18. The first-order valence-electron chi connectivity index (χ1n) is 12.7.